The van der Waals surface area contributed by atoms with Gasteiger partial charge in [-0.15, -0.1) is 0 Å². The van der Waals surface area contributed by atoms with Gasteiger partial charge >= 0.3 is 5.69 Å². The minimum atomic E-state index is -0.442. The molecule has 2 heterocycles. The van der Waals surface area contributed by atoms with E-state index in [1.807, 2.05) is 23.7 Å². The molecule has 1 unspecified atom stereocenters. The Kier molecular flexibility index (Phi) is 3.55. The lowest BCUT2D eigenvalue weighted by Gasteiger charge is -2.24. The van der Waals surface area contributed by atoms with Crippen molar-refractivity contribution in [2.24, 2.45) is 0 Å². The average Bonchev–Trinajstić information content (AvgIpc) is 2.79. The van der Waals surface area contributed by atoms with Gasteiger partial charge in [0, 0.05) is 18.8 Å². The van der Waals surface area contributed by atoms with E-state index >= 15 is 0 Å². The molecule has 0 radical (unpaired) electrons. The third kappa shape index (κ3) is 2.33. The lowest BCUT2D eigenvalue weighted by Crippen LogP contribution is -2.33. The molecule has 0 aromatic carbocycles. The molecule has 7 nitrogen and oxygen atoms in total. The molecule has 0 aliphatic carbocycles. The Morgan fingerprint density at radius 2 is 2.28 bits per heavy atom. The summed E-state index contributed by atoms with van der Waals surface area (Å²) in [6.07, 6.45) is 1.00. The Balaban J connectivity index is 2.44. The number of nitrogen functional groups attached to an aromatic ring is 1. The minimum absolute atomic E-state index is 0.0522. The highest BCUT2D eigenvalue weighted by atomic mass is 32.2. The molecule has 0 saturated carbocycles. The molecular formula is C10H15N5O2S. The Morgan fingerprint density at radius 3 is 2.83 bits per heavy atom. The maximum atomic E-state index is 11.1. The third-order valence-corrected chi connectivity index (χ3v) is 4.17. The van der Waals surface area contributed by atoms with E-state index in [1.165, 1.54) is 0 Å². The van der Waals surface area contributed by atoms with E-state index in [1.54, 1.807) is 6.92 Å². The molecule has 2 N–H and O–H groups in total. The number of nitrogens with two attached hydrogens (primary N) is 1. The quantitative estimate of drug-likeness (QED) is 0.650. The van der Waals surface area contributed by atoms with Gasteiger partial charge in [-0.3, -0.25) is 10.1 Å². The molecule has 18 heavy (non-hydrogen) atoms. The summed E-state index contributed by atoms with van der Waals surface area (Å²) < 4.78 is 0. The summed E-state index contributed by atoms with van der Waals surface area (Å²) in [6, 6.07) is 0.266. The van der Waals surface area contributed by atoms with Crippen molar-refractivity contribution in [3.05, 3.63) is 15.8 Å². The van der Waals surface area contributed by atoms with Crippen LogP contribution in [0.2, 0.25) is 0 Å². The van der Waals surface area contributed by atoms with E-state index in [9.17, 15) is 10.1 Å². The zero-order valence-electron chi connectivity index (χ0n) is 10.3. The van der Waals surface area contributed by atoms with Gasteiger partial charge in [0.2, 0.25) is 11.8 Å². The Labute approximate surface area is 109 Å². The Bertz CT molecular complexity index is 476. The highest BCUT2D eigenvalue weighted by Gasteiger charge is 2.29. The fourth-order valence-electron chi connectivity index (χ4n) is 2.03. The second kappa shape index (κ2) is 4.97. The summed E-state index contributed by atoms with van der Waals surface area (Å²) in [5.74, 6) is 2.42. The van der Waals surface area contributed by atoms with Crippen LogP contribution >= 0.6 is 11.8 Å². The summed E-state index contributed by atoms with van der Waals surface area (Å²) >= 11 is 1.84. The second-order valence-electron chi connectivity index (χ2n) is 4.22. The second-order valence-corrected chi connectivity index (χ2v) is 5.37. The molecule has 8 heteroatoms. The zero-order valence-corrected chi connectivity index (χ0v) is 11.1. The summed E-state index contributed by atoms with van der Waals surface area (Å²) in [4.78, 5) is 20.4. The molecular weight excluding hydrogens is 254 g/mol. The summed E-state index contributed by atoms with van der Waals surface area (Å²) in [6.45, 7) is 1.58. The fraction of sp³-hybridized carbons (Fsp3) is 0.600. The Hall–Kier alpha value is -1.57. The predicted octanol–water partition coefficient (Wildman–Crippen LogP) is 1.22. The van der Waals surface area contributed by atoms with Crippen LogP contribution in [0.3, 0.4) is 0 Å². The van der Waals surface area contributed by atoms with Crippen LogP contribution in [-0.4, -0.2) is 39.5 Å². The van der Waals surface area contributed by atoms with E-state index in [0.717, 1.165) is 17.9 Å². The number of aromatic nitrogens is 2. The first-order valence-corrected chi connectivity index (χ1v) is 6.75. The number of aryl methyl sites for hydroxylation is 1. The molecule has 1 fully saturated rings. The highest BCUT2D eigenvalue weighted by molar-refractivity contribution is 7.99. The SMILES string of the molecule is Cc1nc(N)nc(N(C)C2CCSC2)c1[N+](=O)[O-]. The molecule has 0 bridgehead atoms. The molecule has 1 aliphatic heterocycles. The molecule has 0 spiro atoms. The van der Waals surface area contributed by atoms with Crippen LogP contribution < -0.4 is 10.6 Å². The molecule has 98 valence electrons. The number of hydrogen-bond acceptors (Lipinski definition) is 7. The van der Waals surface area contributed by atoms with Gasteiger partial charge in [0.1, 0.15) is 5.69 Å². The highest BCUT2D eigenvalue weighted by Crippen LogP contribution is 2.32. The largest absolute Gasteiger partial charge is 0.368 e. The average molecular weight is 269 g/mol. The van der Waals surface area contributed by atoms with Crippen LogP contribution in [0, 0.1) is 17.0 Å². The van der Waals surface area contributed by atoms with Crippen molar-refractivity contribution in [3.63, 3.8) is 0 Å². The van der Waals surface area contributed by atoms with E-state index in [2.05, 4.69) is 9.97 Å². The first-order valence-electron chi connectivity index (χ1n) is 5.59. The number of nitrogens with zero attached hydrogens (tertiary/aromatic N) is 4. The standard InChI is InChI=1S/C10H15N5O2S/c1-6-8(15(16)17)9(13-10(11)12-6)14(2)7-3-4-18-5-7/h7H,3-5H2,1-2H3,(H2,11,12,13). The van der Waals surface area contributed by atoms with Crippen molar-refractivity contribution in [3.8, 4) is 0 Å². The first-order chi connectivity index (χ1) is 8.50. The van der Waals surface area contributed by atoms with Gasteiger partial charge in [-0.25, -0.2) is 4.98 Å². The van der Waals surface area contributed by atoms with E-state index < -0.39 is 4.92 Å². The van der Waals surface area contributed by atoms with Crippen molar-refractivity contribution in [2.75, 3.05) is 29.2 Å². The van der Waals surface area contributed by atoms with Crippen molar-refractivity contribution in [2.45, 2.75) is 19.4 Å². The molecule has 2 rings (SSSR count). The van der Waals surface area contributed by atoms with Crippen LogP contribution in [0.1, 0.15) is 12.1 Å². The van der Waals surface area contributed by atoms with Crippen LogP contribution in [0.4, 0.5) is 17.5 Å². The molecule has 1 aliphatic rings. The molecule has 1 saturated heterocycles. The predicted molar refractivity (Wildman–Crippen MR) is 72.0 cm³/mol. The van der Waals surface area contributed by atoms with E-state index in [0.29, 0.717) is 11.5 Å². The molecule has 1 aromatic heterocycles. The zero-order chi connectivity index (χ0) is 13.3. The molecule has 1 aromatic rings. The number of nitro groups is 1. The van der Waals surface area contributed by atoms with Gasteiger partial charge in [-0.2, -0.15) is 16.7 Å². The van der Waals surface area contributed by atoms with Gasteiger partial charge < -0.3 is 10.6 Å². The Morgan fingerprint density at radius 1 is 1.56 bits per heavy atom. The number of rotatable bonds is 3. The minimum Gasteiger partial charge on any atom is -0.368 e. The smallest absolute Gasteiger partial charge is 0.332 e. The van der Waals surface area contributed by atoms with Crippen molar-refractivity contribution < 1.29 is 4.92 Å². The number of anilines is 2. The van der Waals surface area contributed by atoms with E-state index in [-0.39, 0.29) is 17.7 Å². The third-order valence-electron chi connectivity index (χ3n) is 3.03. The van der Waals surface area contributed by atoms with Crippen LogP contribution in [0.5, 0.6) is 0 Å². The molecule has 0 amide bonds. The summed E-state index contributed by atoms with van der Waals surface area (Å²) in [5, 5.41) is 11.1. The van der Waals surface area contributed by atoms with Gasteiger partial charge in [-0.1, -0.05) is 0 Å². The number of hydrogen-bond donors (Lipinski definition) is 1. The van der Waals surface area contributed by atoms with Crippen molar-refractivity contribution in [1.29, 1.82) is 0 Å². The van der Waals surface area contributed by atoms with Crippen LogP contribution in [0.25, 0.3) is 0 Å². The topological polar surface area (TPSA) is 98.2 Å². The van der Waals surface area contributed by atoms with Crippen molar-refractivity contribution in [1.82, 2.24) is 9.97 Å². The van der Waals surface area contributed by atoms with Gasteiger partial charge in [0.05, 0.1) is 4.92 Å². The lowest BCUT2D eigenvalue weighted by molar-refractivity contribution is -0.385. The van der Waals surface area contributed by atoms with Crippen LogP contribution in [-0.2, 0) is 0 Å². The van der Waals surface area contributed by atoms with Gasteiger partial charge in [0.25, 0.3) is 0 Å². The first kappa shape index (κ1) is 12.9. The molecule has 1 atom stereocenters. The summed E-state index contributed by atoms with van der Waals surface area (Å²) in [7, 11) is 1.82. The maximum Gasteiger partial charge on any atom is 0.332 e. The lowest BCUT2D eigenvalue weighted by atomic mass is 10.2. The monoisotopic (exact) mass is 269 g/mol. The van der Waals surface area contributed by atoms with Crippen LogP contribution in [0.15, 0.2) is 0 Å². The van der Waals surface area contributed by atoms with E-state index in [4.69, 9.17) is 5.73 Å². The van der Waals surface area contributed by atoms with Crippen molar-refractivity contribution >= 4 is 29.2 Å². The summed E-state index contributed by atoms with van der Waals surface area (Å²) in [5.41, 5.74) is 5.84. The maximum absolute atomic E-state index is 11.1. The normalized spacial score (nSPS) is 18.9. The number of thioether (sulfide) groups is 1. The fourth-order valence-corrected chi connectivity index (χ4v) is 3.30. The van der Waals surface area contributed by atoms with Gasteiger partial charge in [-0.05, 0) is 19.1 Å². The van der Waals surface area contributed by atoms with Gasteiger partial charge in [0.15, 0.2) is 0 Å².